The van der Waals surface area contributed by atoms with Crippen molar-refractivity contribution < 1.29 is 9.18 Å². The number of hydrogen-bond acceptors (Lipinski definition) is 2. The molecule has 1 saturated heterocycles. The van der Waals surface area contributed by atoms with E-state index in [9.17, 15) is 9.18 Å². The normalized spacial score (nSPS) is 17.4. The molecule has 1 aliphatic heterocycles. The minimum absolute atomic E-state index is 0.0478. The van der Waals surface area contributed by atoms with Crippen molar-refractivity contribution >= 4 is 17.5 Å². The number of rotatable bonds is 4. The lowest BCUT2D eigenvalue weighted by atomic mass is 9.94. The van der Waals surface area contributed by atoms with Crippen LogP contribution in [0.3, 0.4) is 0 Å². The highest BCUT2D eigenvalue weighted by atomic mass is 35.5. The van der Waals surface area contributed by atoms with Crippen LogP contribution < -0.4 is 5.73 Å². The van der Waals surface area contributed by atoms with E-state index in [1.165, 1.54) is 18.9 Å². The largest absolute Gasteiger partial charge is 0.343 e. The smallest absolute Gasteiger partial charge is 0.223 e. The summed E-state index contributed by atoms with van der Waals surface area (Å²) in [7, 11) is 0. The van der Waals surface area contributed by atoms with Crippen LogP contribution in [0.5, 0.6) is 0 Å². The molecular weight excluding hydrogens is 291 g/mol. The third kappa shape index (κ3) is 4.17. The number of nitrogens with two attached hydrogens (primary N) is 1. The molecular formula is C16H22ClFN2O. The number of carbonyl (C=O) groups excluding carboxylic acids is 1. The number of nitrogens with zero attached hydrogens (tertiary/aromatic N) is 1. The van der Waals surface area contributed by atoms with Crippen molar-refractivity contribution in [2.75, 3.05) is 19.6 Å². The molecule has 1 heterocycles. The zero-order chi connectivity index (χ0) is 15.2. The second-order valence-electron chi connectivity index (χ2n) is 5.57. The Morgan fingerprint density at radius 3 is 2.52 bits per heavy atom. The maximum absolute atomic E-state index is 14.0. The SMILES string of the molecule is NCC(CC(=O)N1CCCCCC1)c1c(F)cccc1Cl. The summed E-state index contributed by atoms with van der Waals surface area (Å²) in [4.78, 5) is 14.3. The standard InChI is InChI=1S/C16H22ClFN2O/c17-13-6-5-7-14(18)16(13)12(11-19)10-15(21)20-8-3-1-2-4-9-20/h5-7,12H,1-4,8-11,19H2. The molecule has 1 amide bonds. The van der Waals surface area contributed by atoms with Gasteiger partial charge < -0.3 is 10.6 Å². The lowest BCUT2D eigenvalue weighted by Crippen LogP contribution is -2.34. The molecule has 1 unspecified atom stereocenters. The monoisotopic (exact) mass is 312 g/mol. The predicted molar refractivity (Wildman–Crippen MR) is 82.9 cm³/mol. The van der Waals surface area contributed by atoms with Crippen LogP contribution in [0.2, 0.25) is 5.02 Å². The number of halogens is 2. The van der Waals surface area contributed by atoms with Gasteiger partial charge in [0, 0.05) is 36.0 Å². The predicted octanol–water partition coefficient (Wildman–Crippen LogP) is 3.31. The summed E-state index contributed by atoms with van der Waals surface area (Å²) in [5.74, 6) is -0.706. The van der Waals surface area contributed by atoms with Gasteiger partial charge in [-0.05, 0) is 31.5 Å². The zero-order valence-electron chi connectivity index (χ0n) is 12.2. The minimum atomic E-state index is -0.387. The summed E-state index contributed by atoms with van der Waals surface area (Å²) in [6.07, 6.45) is 4.64. The first-order valence-electron chi connectivity index (χ1n) is 7.55. The molecule has 3 nitrogen and oxygen atoms in total. The Morgan fingerprint density at radius 1 is 1.29 bits per heavy atom. The fourth-order valence-corrected chi connectivity index (χ4v) is 3.18. The van der Waals surface area contributed by atoms with Gasteiger partial charge in [-0.1, -0.05) is 30.5 Å². The summed E-state index contributed by atoms with van der Waals surface area (Å²) < 4.78 is 14.0. The highest BCUT2D eigenvalue weighted by Gasteiger charge is 2.24. The van der Waals surface area contributed by atoms with Crippen LogP contribution in [0, 0.1) is 5.82 Å². The van der Waals surface area contributed by atoms with E-state index in [0.29, 0.717) is 10.6 Å². The Balaban J connectivity index is 2.09. The molecule has 1 aromatic carbocycles. The molecule has 0 bridgehead atoms. The fourth-order valence-electron chi connectivity index (χ4n) is 2.86. The molecule has 1 fully saturated rings. The molecule has 21 heavy (non-hydrogen) atoms. The molecule has 1 atom stereocenters. The van der Waals surface area contributed by atoms with Crippen molar-refractivity contribution in [1.82, 2.24) is 4.90 Å². The number of likely N-dealkylation sites (tertiary alicyclic amines) is 1. The second kappa shape index (κ2) is 7.76. The molecule has 5 heteroatoms. The molecule has 1 aliphatic rings. The minimum Gasteiger partial charge on any atom is -0.343 e. The van der Waals surface area contributed by atoms with Gasteiger partial charge in [0.25, 0.3) is 0 Å². The lowest BCUT2D eigenvalue weighted by Gasteiger charge is -2.24. The van der Waals surface area contributed by atoms with Gasteiger partial charge in [-0.25, -0.2) is 4.39 Å². The van der Waals surface area contributed by atoms with E-state index in [4.69, 9.17) is 17.3 Å². The summed E-state index contributed by atoms with van der Waals surface area (Å²) in [6.45, 7) is 1.79. The summed E-state index contributed by atoms with van der Waals surface area (Å²) in [6, 6.07) is 4.56. The van der Waals surface area contributed by atoms with Crippen molar-refractivity contribution in [2.24, 2.45) is 5.73 Å². The van der Waals surface area contributed by atoms with Crippen molar-refractivity contribution in [3.05, 3.63) is 34.6 Å². The summed E-state index contributed by atoms with van der Waals surface area (Å²) >= 11 is 6.08. The summed E-state index contributed by atoms with van der Waals surface area (Å²) in [5, 5.41) is 0.342. The Bertz CT molecular complexity index is 467. The lowest BCUT2D eigenvalue weighted by molar-refractivity contribution is -0.131. The van der Waals surface area contributed by atoms with E-state index in [1.807, 2.05) is 4.90 Å². The van der Waals surface area contributed by atoms with Crippen LogP contribution >= 0.6 is 11.6 Å². The number of hydrogen-bond donors (Lipinski definition) is 1. The van der Waals surface area contributed by atoms with E-state index in [1.54, 1.807) is 12.1 Å². The van der Waals surface area contributed by atoms with E-state index in [2.05, 4.69) is 0 Å². The Kier molecular flexibility index (Phi) is 6.00. The number of carbonyl (C=O) groups is 1. The van der Waals surface area contributed by atoms with Crippen LogP contribution in [0.4, 0.5) is 4.39 Å². The number of amides is 1. The van der Waals surface area contributed by atoms with E-state index in [-0.39, 0.29) is 30.6 Å². The molecule has 2 N–H and O–H groups in total. The van der Waals surface area contributed by atoms with Crippen LogP contribution in [-0.2, 0) is 4.79 Å². The first-order chi connectivity index (χ1) is 10.1. The Morgan fingerprint density at radius 2 is 1.95 bits per heavy atom. The zero-order valence-corrected chi connectivity index (χ0v) is 12.9. The third-order valence-electron chi connectivity index (χ3n) is 4.07. The molecule has 0 aromatic heterocycles. The van der Waals surface area contributed by atoms with Crippen molar-refractivity contribution in [1.29, 1.82) is 0 Å². The van der Waals surface area contributed by atoms with Gasteiger partial charge in [0.2, 0.25) is 5.91 Å². The van der Waals surface area contributed by atoms with Gasteiger partial charge in [0.05, 0.1) is 0 Å². The molecule has 116 valence electrons. The van der Waals surface area contributed by atoms with Gasteiger partial charge in [-0.15, -0.1) is 0 Å². The van der Waals surface area contributed by atoms with E-state index in [0.717, 1.165) is 25.9 Å². The van der Waals surface area contributed by atoms with Crippen LogP contribution in [0.25, 0.3) is 0 Å². The molecule has 0 spiro atoms. The first kappa shape index (κ1) is 16.2. The Hall–Kier alpha value is -1.13. The second-order valence-corrected chi connectivity index (χ2v) is 5.97. The van der Waals surface area contributed by atoms with E-state index >= 15 is 0 Å². The number of benzene rings is 1. The van der Waals surface area contributed by atoms with Crippen LogP contribution in [0.15, 0.2) is 18.2 Å². The van der Waals surface area contributed by atoms with Crippen LogP contribution in [-0.4, -0.2) is 30.4 Å². The topological polar surface area (TPSA) is 46.3 Å². The quantitative estimate of drug-likeness (QED) is 0.927. The van der Waals surface area contributed by atoms with Gasteiger partial charge in [0.15, 0.2) is 0 Å². The molecule has 0 aliphatic carbocycles. The molecule has 0 saturated carbocycles. The van der Waals surface area contributed by atoms with Crippen LogP contribution in [0.1, 0.15) is 43.6 Å². The molecule has 2 rings (SSSR count). The third-order valence-corrected chi connectivity index (χ3v) is 4.40. The van der Waals surface area contributed by atoms with Crippen molar-refractivity contribution in [3.8, 4) is 0 Å². The highest BCUT2D eigenvalue weighted by Crippen LogP contribution is 2.29. The van der Waals surface area contributed by atoms with Gasteiger partial charge >= 0.3 is 0 Å². The van der Waals surface area contributed by atoms with E-state index < -0.39 is 0 Å². The van der Waals surface area contributed by atoms with Crippen molar-refractivity contribution in [3.63, 3.8) is 0 Å². The Labute approximate surface area is 130 Å². The maximum Gasteiger partial charge on any atom is 0.223 e. The molecule has 1 aromatic rings. The fraction of sp³-hybridized carbons (Fsp3) is 0.562. The first-order valence-corrected chi connectivity index (χ1v) is 7.93. The van der Waals surface area contributed by atoms with Gasteiger partial charge in [0.1, 0.15) is 5.82 Å². The average molecular weight is 313 g/mol. The van der Waals surface area contributed by atoms with Gasteiger partial charge in [-0.2, -0.15) is 0 Å². The summed E-state index contributed by atoms with van der Waals surface area (Å²) in [5.41, 5.74) is 6.12. The maximum atomic E-state index is 14.0. The van der Waals surface area contributed by atoms with Gasteiger partial charge in [-0.3, -0.25) is 4.79 Å². The molecule has 0 radical (unpaired) electrons. The van der Waals surface area contributed by atoms with Crippen molar-refractivity contribution in [2.45, 2.75) is 38.0 Å². The highest BCUT2D eigenvalue weighted by molar-refractivity contribution is 6.31. The average Bonchev–Trinajstić information content (AvgIpc) is 2.74.